The summed E-state index contributed by atoms with van der Waals surface area (Å²) in [5, 5.41) is 21.0. The first kappa shape index (κ1) is 111. The molecule has 0 aromatic carbocycles. The van der Waals surface area contributed by atoms with E-state index >= 15 is 0 Å². The second-order valence-electron chi connectivity index (χ2n) is 49.1. The molecule has 0 saturated carbocycles. The van der Waals surface area contributed by atoms with E-state index in [2.05, 4.69) is 520 Å². The molecule has 0 fully saturated rings. The third kappa shape index (κ3) is 42.8. The van der Waals surface area contributed by atoms with Crippen molar-refractivity contribution in [1.29, 1.82) is 0 Å². The molecule has 0 unspecified atom stereocenters. The summed E-state index contributed by atoms with van der Waals surface area (Å²) < 4.78 is 0. The van der Waals surface area contributed by atoms with Gasteiger partial charge in [0.2, 0.25) is 0 Å². The largest absolute Gasteiger partial charge is 0.378 e. The van der Waals surface area contributed by atoms with Gasteiger partial charge in [0.05, 0.1) is 89.2 Å². The molecule has 120 heavy (non-hydrogen) atoms. The van der Waals surface area contributed by atoms with Gasteiger partial charge in [0.1, 0.15) is 11.2 Å². The first-order valence-corrected chi connectivity index (χ1v) is 42.7. The minimum Gasteiger partial charge on any atom is -0.378 e. The van der Waals surface area contributed by atoms with Gasteiger partial charge >= 0.3 is 0 Å². The first-order valence-electron chi connectivity index (χ1n) is 42.7. The maximum absolute atomic E-state index is 10.5. The second-order valence-corrected chi connectivity index (χ2v) is 49.1. The van der Waals surface area contributed by atoms with Crippen LogP contribution in [-0.2, 0) is 0 Å². The smallest absolute Gasteiger partial charge is 0.120 e. The molecule has 0 aromatic rings. The lowest BCUT2D eigenvalue weighted by Crippen LogP contribution is -2.16. The van der Waals surface area contributed by atoms with Crippen LogP contribution < -0.4 is 0 Å². The highest BCUT2D eigenvalue weighted by Gasteiger charge is 2.30. The molecule has 0 radical (unpaired) electrons. The zero-order chi connectivity index (χ0) is 94.9. The van der Waals surface area contributed by atoms with E-state index in [9.17, 15) is 10.2 Å². The fourth-order valence-corrected chi connectivity index (χ4v) is 8.99. The Labute approximate surface area is 740 Å². The van der Waals surface area contributed by atoms with Crippen molar-refractivity contribution < 1.29 is 10.2 Å². The van der Waals surface area contributed by atoms with Crippen LogP contribution in [0.2, 0.25) is 0 Å². The summed E-state index contributed by atoms with van der Waals surface area (Å²) in [5.41, 5.74) is 33.9. The Morgan fingerprint density at radius 1 is 0.117 bits per heavy atom. The van der Waals surface area contributed by atoms with Gasteiger partial charge < -0.3 is 10.2 Å². The van der Waals surface area contributed by atoms with E-state index in [-0.39, 0.29) is 43.3 Å². The maximum Gasteiger partial charge on any atom is 0.120 e. The van der Waals surface area contributed by atoms with Crippen molar-refractivity contribution in [3.8, 4) is 142 Å². The fraction of sp³-hybridized carbons (Fsp3) is 0.593. The molecular formula is C118H158O2. The van der Waals surface area contributed by atoms with Gasteiger partial charge in [0, 0.05) is 86.6 Å². The average Bonchev–Trinajstić information content (AvgIpc) is 0.851. The Bertz CT molecular complexity index is 5000. The minimum absolute atomic E-state index is 0.328. The van der Waals surface area contributed by atoms with E-state index in [1.165, 1.54) is 0 Å². The number of hydrogen-bond donors (Lipinski definition) is 2. The van der Waals surface area contributed by atoms with Gasteiger partial charge in [-0.25, -0.2) is 0 Å². The van der Waals surface area contributed by atoms with Crippen molar-refractivity contribution in [2.75, 3.05) is 0 Å². The SMILES string of the molecule is CC(C)(O)C#CC(=C=C(C#CC(=C=C(C#CC#CC(=C=C(C#CC(=C=C(C#CC#CC(=C=C(C#CC(=C=C(C#CC#CC(=C=C(C#CC(=C=C(C#CC(C)(C)O)C(C)(C)C)C(C)(C)C)C(C)(C)C)C(C)(C)C)C(C)(C)C)C(C)(C)C)C(C)(C)C)C(C)(C)C)C(C)(C)C)C(C)(C)C)C(C)(C)C)C(C)(C)C)C(C)(C)C)C(C)(C)C)C(C)(C)C)C(C)(C)C. The summed E-state index contributed by atoms with van der Waals surface area (Å²) in [6, 6.07) is 0. The maximum atomic E-state index is 10.5. The van der Waals surface area contributed by atoms with Gasteiger partial charge in [-0.05, 0) is 98.7 Å². The van der Waals surface area contributed by atoms with E-state index in [0.717, 1.165) is 89.2 Å². The lowest BCUT2D eigenvalue weighted by atomic mass is 9.81. The van der Waals surface area contributed by atoms with Gasteiger partial charge in [-0.15, -0.1) is 0 Å². The van der Waals surface area contributed by atoms with E-state index in [1.54, 1.807) is 27.7 Å². The van der Waals surface area contributed by atoms with Crippen LogP contribution in [0.1, 0.15) is 360 Å². The van der Waals surface area contributed by atoms with E-state index in [0.29, 0.717) is 0 Å². The quantitative estimate of drug-likeness (QED) is 0.187. The zero-order valence-corrected chi connectivity index (χ0v) is 85.9. The summed E-state index contributed by atoms with van der Waals surface area (Å²) in [6.07, 6.45) is 0. The van der Waals surface area contributed by atoms with Crippen molar-refractivity contribution in [3.05, 3.63) is 135 Å². The molecule has 0 aromatic heterocycles. The summed E-state index contributed by atoms with van der Waals surface area (Å²) in [6.45, 7) is 109. The molecular weight excluding hydrogens is 1450 g/mol. The standard InChI is InChI=1S/C118H158O2/c1-101(2,3)85(77-91(107(19,20)21)65-67-93(109(25,26)27)79-87(103(7,8)9)61-55-57-63-89(105(13,14)15)81-95(111(31,32)33)69-71-97(113(37,38)39)83-99(115(43,44)45)73-75-117(49,50)119)59-53-54-60-86(102(4,5)6)78-92(108(22,23)24)66-68-94(110(28,29)30)80-88(104(10,11)12)62-56-58-64-90(106(16,17)18)82-96(112(34,35)36)70-72-98(114(40,41)42)84-100(116(46,47)48)74-76-118(51,52)120/h119-120H,1-52H3. The van der Waals surface area contributed by atoms with Gasteiger partial charge in [-0.3, -0.25) is 0 Å². The summed E-state index contributed by atoms with van der Waals surface area (Å²) in [4.78, 5) is 0. The monoisotopic (exact) mass is 1610 g/mol. The zero-order valence-electron chi connectivity index (χ0n) is 85.9. The van der Waals surface area contributed by atoms with Crippen molar-refractivity contribution >= 4 is 0 Å². The van der Waals surface area contributed by atoms with Gasteiger partial charge in [-0.1, -0.05) is 449 Å². The average molecular weight is 1610 g/mol. The van der Waals surface area contributed by atoms with Gasteiger partial charge in [-0.2, -0.15) is 0 Å². The second kappa shape index (κ2) is 40.7. The third-order valence-corrected chi connectivity index (χ3v) is 17.5. The van der Waals surface area contributed by atoms with Crippen LogP contribution in [0.5, 0.6) is 0 Å². The summed E-state index contributed by atoms with van der Waals surface area (Å²) in [7, 11) is 0. The molecule has 0 spiro atoms. The Kier molecular flexibility index (Phi) is 37.5. The fourth-order valence-electron chi connectivity index (χ4n) is 8.99. The molecule has 2 N–H and O–H groups in total. The number of aliphatic hydroxyl groups is 2. The van der Waals surface area contributed by atoms with Gasteiger partial charge in [0.25, 0.3) is 0 Å². The highest BCUT2D eigenvalue weighted by molar-refractivity contribution is 5.56. The summed E-state index contributed by atoms with van der Waals surface area (Å²) in [5.74, 6) is 80.9. The molecule has 0 amide bonds. The molecule has 0 heterocycles. The van der Waals surface area contributed by atoms with E-state index in [4.69, 9.17) is 0 Å². The predicted octanol–water partition coefficient (Wildman–Crippen LogP) is 28.9. The van der Waals surface area contributed by atoms with Gasteiger partial charge in [0.15, 0.2) is 0 Å². The van der Waals surface area contributed by atoms with Crippen LogP contribution in [0.15, 0.2) is 135 Å². The molecule has 2 nitrogen and oxygen atoms in total. The molecule has 642 valence electrons. The van der Waals surface area contributed by atoms with E-state index in [1.807, 2.05) is 0 Å². The van der Waals surface area contributed by atoms with Crippen LogP contribution >= 0.6 is 0 Å². The van der Waals surface area contributed by atoms with Crippen LogP contribution in [0, 0.1) is 229 Å². The molecule has 0 rings (SSSR count). The molecule has 0 saturated heterocycles. The Hall–Kier alpha value is -9.20. The molecule has 0 aliphatic rings. The lowest BCUT2D eigenvalue weighted by Gasteiger charge is -2.21. The summed E-state index contributed by atoms with van der Waals surface area (Å²) >= 11 is 0. The normalized spacial score (nSPS) is 12.0. The Morgan fingerprint density at radius 3 is 0.267 bits per heavy atom. The number of hydrogen-bond acceptors (Lipinski definition) is 2. The lowest BCUT2D eigenvalue weighted by molar-refractivity contribution is 0.143. The van der Waals surface area contributed by atoms with Crippen LogP contribution in [0.3, 0.4) is 0 Å². The topological polar surface area (TPSA) is 40.5 Å². The van der Waals surface area contributed by atoms with E-state index < -0.39 is 54.5 Å². The number of allylic oxidation sites excluding steroid dienone is 8. The number of rotatable bonds is 0. The molecule has 0 aliphatic heterocycles. The van der Waals surface area contributed by atoms with Crippen molar-refractivity contribution in [3.63, 3.8) is 0 Å². The minimum atomic E-state index is -1.15. The van der Waals surface area contributed by atoms with Crippen molar-refractivity contribution in [1.82, 2.24) is 0 Å². The first-order chi connectivity index (χ1) is 52.9. The van der Waals surface area contributed by atoms with Crippen LogP contribution in [-0.4, -0.2) is 21.4 Å². The molecule has 0 bridgehead atoms. The third-order valence-electron chi connectivity index (χ3n) is 17.5. The Balaban J connectivity index is 9.46. The molecule has 2 heteroatoms. The molecule has 0 atom stereocenters. The molecule has 0 aliphatic carbocycles. The van der Waals surface area contributed by atoms with Crippen molar-refractivity contribution in [2.45, 2.75) is 371 Å². The highest BCUT2D eigenvalue weighted by Crippen LogP contribution is 2.39. The Morgan fingerprint density at radius 2 is 0.192 bits per heavy atom. The van der Waals surface area contributed by atoms with Crippen LogP contribution in [0.25, 0.3) is 0 Å². The highest BCUT2D eigenvalue weighted by atomic mass is 16.3. The van der Waals surface area contributed by atoms with Crippen LogP contribution in [0.4, 0.5) is 0 Å². The predicted molar refractivity (Wildman–Crippen MR) is 521 cm³/mol. The van der Waals surface area contributed by atoms with Crippen molar-refractivity contribution in [2.24, 2.45) is 86.6 Å².